The van der Waals surface area contributed by atoms with E-state index >= 15 is 0 Å². The van der Waals surface area contributed by atoms with Crippen LogP contribution in [0.1, 0.15) is 13.3 Å². The van der Waals surface area contributed by atoms with E-state index in [0.29, 0.717) is 37.0 Å². The number of carboxylic acid groups (broad SMARTS) is 1. The van der Waals surface area contributed by atoms with E-state index in [9.17, 15) is 14.7 Å². The van der Waals surface area contributed by atoms with Crippen LogP contribution in [0.15, 0.2) is 18.2 Å². The van der Waals surface area contributed by atoms with Gasteiger partial charge in [0.05, 0.1) is 17.0 Å². The molecule has 0 bridgehead atoms. The number of likely N-dealkylation sites (tertiary alicyclic amines) is 1. The van der Waals surface area contributed by atoms with Crippen molar-refractivity contribution in [3.05, 3.63) is 28.2 Å². The van der Waals surface area contributed by atoms with E-state index in [4.69, 9.17) is 32.7 Å². The lowest BCUT2D eigenvalue weighted by Crippen LogP contribution is -2.45. The van der Waals surface area contributed by atoms with Crippen molar-refractivity contribution in [3.63, 3.8) is 0 Å². The summed E-state index contributed by atoms with van der Waals surface area (Å²) >= 11 is 12.0. The van der Waals surface area contributed by atoms with E-state index in [0.717, 1.165) is 0 Å². The number of hydrogen-bond donors (Lipinski definition) is 1. The fraction of sp³-hybridized carbons (Fsp3) is 0.529. The molecular weight excluding hydrogens is 369 g/mol. The van der Waals surface area contributed by atoms with E-state index in [-0.39, 0.29) is 23.4 Å². The Kier molecular flexibility index (Phi) is 5.14. The Labute approximate surface area is 155 Å². The summed E-state index contributed by atoms with van der Waals surface area (Å²) in [5.41, 5.74) is -0.929. The average Bonchev–Trinajstić information content (AvgIpc) is 2.99. The molecule has 1 N–H and O–H groups in total. The van der Waals surface area contributed by atoms with Gasteiger partial charge in [-0.1, -0.05) is 29.3 Å². The number of ether oxygens (including phenoxy) is 2. The van der Waals surface area contributed by atoms with Crippen LogP contribution >= 0.6 is 23.2 Å². The molecule has 1 unspecified atom stereocenters. The van der Waals surface area contributed by atoms with Gasteiger partial charge in [0.15, 0.2) is 6.10 Å². The first-order chi connectivity index (χ1) is 11.8. The molecule has 3 atom stereocenters. The number of carbonyl (C=O) groups excluding carboxylic acids is 1. The molecule has 0 saturated carbocycles. The minimum atomic E-state index is -0.929. The second-order valence-electron chi connectivity index (χ2n) is 6.51. The van der Waals surface area contributed by atoms with Crippen molar-refractivity contribution in [1.82, 2.24) is 4.90 Å². The molecule has 8 heteroatoms. The van der Waals surface area contributed by atoms with Gasteiger partial charge in [-0.3, -0.25) is 9.59 Å². The monoisotopic (exact) mass is 387 g/mol. The highest BCUT2D eigenvalue weighted by Gasteiger charge is 2.55. The van der Waals surface area contributed by atoms with Gasteiger partial charge in [0.1, 0.15) is 10.8 Å². The van der Waals surface area contributed by atoms with Crippen molar-refractivity contribution < 1.29 is 24.2 Å². The molecule has 3 rings (SSSR count). The van der Waals surface area contributed by atoms with Crippen LogP contribution in [-0.4, -0.2) is 54.3 Å². The second-order valence-corrected chi connectivity index (χ2v) is 7.30. The molecule has 0 aromatic heterocycles. The summed E-state index contributed by atoms with van der Waals surface area (Å²) in [6, 6.07) is 4.95. The molecule has 136 valence electrons. The third-order valence-corrected chi connectivity index (χ3v) is 5.81. The standard InChI is InChI=1S/C17H19Cl2NO5/c1-10(25-13-4-2-3-12(18)14(13)19)15(21)20-7-11-8-24-6-5-17(11,9-20)16(22)23/h2-4,10-11H,5-9H2,1H3,(H,22,23)/t10?,11-,17+/m0/s1. The van der Waals surface area contributed by atoms with Crippen molar-refractivity contribution in [2.75, 3.05) is 26.3 Å². The number of carboxylic acids is 1. The Hall–Kier alpha value is -1.50. The molecule has 2 heterocycles. The second kappa shape index (κ2) is 7.02. The minimum Gasteiger partial charge on any atom is -0.481 e. The fourth-order valence-corrected chi connectivity index (χ4v) is 3.88. The van der Waals surface area contributed by atoms with E-state index in [1.165, 1.54) is 0 Å². The molecule has 2 fully saturated rings. The molecule has 0 spiro atoms. The van der Waals surface area contributed by atoms with Crippen LogP contribution in [0.4, 0.5) is 0 Å². The third-order valence-electron chi connectivity index (χ3n) is 5.01. The number of halogens is 2. The normalized spacial score (nSPS) is 26.8. The number of carbonyl (C=O) groups is 2. The largest absolute Gasteiger partial charge is 0.481 e. The molecule has 0 radical (unpaired) electrons. The third kappa shape index (κ3) is 3.30. The molecule has 2 aliphatic rings. The van der Waals surface area contributed by atoms with Gasteiger partial charge in [-0.15, -0.1) is 0 Å². The summed E-state index contributed by atoms with van der Waals surface area (Å²) in [6.45, 7) is 2.89. The van der Waals surface area contributed by atoms with E-state index in [1.807, 2.05) is 0 Å². The van der Waals surface area contributed by atoms with Gasteiger partial charge in [0, 0.05) is 25.6 Å². The first kappa shape index (κ1) is 18.3. The number of nitrogens with zero attached hydrogens (tertiary/aromatic N) is 1. The lowest BCUT2D eigenvalue weighted by atomic mass is 9.74. The van der Waals surface area contributed by atoms with Crippen molar-refractivity contribution >= 4 is 35.1 Å². The Morgan fingerprint density at radius 2 is 2.20 bits per heavy atom. The lowest BCUT2D eigenvalue weighted by Gasteiger charge is -2.33. The van der Waals surface area contributed by atoms with Crippen LogP contribution in [0, 0.1) is 11.3 Å². The van der Waals surface area contributed by atoms with Crippen LogP contribution in [0.3, 0.4) is 0 Å². The molecule has 25 heavy (non-hydrogen) atoms. The van der Waals surface area contributed by atoms with Crippen molar-refractivity contribution in [3.8, 4) is 5.75 Å². The molecular formula is C17H19Cl2NO5. The number of amides is 1. The van der Waals surface area contributed by atoms with Crippen molar-refractivity contribution in [2.24, 2.45) is 11.3 Å². The molecule has 2 saturated heterocycles. The summed E-state index contributed by atoms with van der Waals surface area (Å²) in [7, 11) is 0. The van der Waals surface area contributed by atoms with Crippen molar-refractivity contribution in [2.45, 2.75) is 19.4 Å². The highest BCUT2D eigenvalue weighted by molar-refractivity contribution is 6.42. The molecule has 0 aliphatic carbocycles. The maximum Gasteiger partial charge on any atom is 0.311 e. The van der Waals surface area contributed by atoms with Crippen LogP contribution in [-0.2, 0) is 14.3 Å². The topological polar surface area (TPSA) is 76.1 Å². The lowest BCUT2D eigenvalue weighted by molar-refractivity contribution is -0.157. The highest BCUT2D eigenvalue weighted by Crippen LogP contribution is 2.42. The van der Waals surface area contributed by atoms with Gasteiger partial charge in [0.25, 0.3) is 5.91 Å². The Balaban J connectivity index is 1.73. The van der Waals surface area contributed by atoms with Gasteiger partial charge >= 0.3 is 5.97 Å². The number of aliphatic carboxylic acids is 1. The van der Waals surface area contributed by atoms with E-state index in [2.05, 4.69) is 0 Å². The maximum atomic E-state index is 12.7. The van der Waals surface area contributed by atoms with Gasteiger partial charge in [-0.05, 0) is 25.5 Å². The van der Waals surface area contributed by atoms with Gasteiger partial charge in [-0.2, -0.15) is 0 Å². The molecule has 2 aliphatic heterocycles. The first-order valence-corrected chi connectivity index (χ1v) is 8.81. The Morgan fingerprint density at radius 3 is 2.88 bits per heavy atom. The number of rotatable bonds is 4. The smallest absolute Gasteiger partial charge is 0.311 e. The van der Waals surface area contributed by atoms with Gasteiger partial charge in [-0.25, -0.2) is 0 Å². The van der Waals surface area contributed by atoms with E-state index < -0.39 is 17.5 Å². The molecule has 1 aromatic rings. The Morgan fingerprint density at radius 1 is 1.44 bits per heavy atom. The predicted octanol–water partition coefficient (Wildman–Crippen LogP) is 2.71. The summed E-state index contributed by atoms with van der Waals surface area (Å²) < 4.78 is 11.1. The number of fused-ring (bicyclic) bond motifs is 1. The molecule has 1 aromatic carbocycles. The zero-order valence-corrected chi connectivity index (χ0v) is 15.2. The summed E-state index contributed by atoms with van der Waals surface area (Å²) in [6.07, 6.45) is -0.394. The SMILES string of the molecule is CC(Oc1cccc(Cl)c1Cl)C(=O)N1C[C@H]2COCC[C@@]2(C(=O)O)C1. The number of benzene rings is 1. The van der Waals surface area contributed by atoms with Gasteiger partial charge < -0.3 is 19.5 Å². The Bertz CT molecular complexity index is 698. The quantitative estimate of drug-likeness (QED) is 0.859. The molecule has 6 nitrogen and oxygen atoms in total. The van der Waals surface area contributed by atoms with Crippen LogP contribution in [0.25, 0.3) is 0 Å². The summed E-state index contributed by atoms with van der Waals surface area (Å²) in [4.78, 5) is 26.1. The van der Waals surface area contributed by atoms with Crippen molar-refractivity contribution in [1.29, 1.82) is 0 Å². The zero-order valence-electron chi connectivity index (χ0n) is 13.7. The number of hydrogen-bond acceptors (Lipinski definition) is 4. The predicted molar refractivity (Wildman–Crippen MR) is 92.1 cm³/mol. The van der Waals surface area contributed by atoms with E-state index in [1.54, 1.807) is 30.0 Å². The van der Waals surface area contributed by atoms with Gasteiger partial charge in [0.2, 0.25) is 0 Å². The fourth-order valence-electron chi connectivity index (χ4n) is 3.54. The highest BCUT2D eigenvalue weighted by atomic mass is 35.5. The summed E-state index contributed by atoms with van der Waals surface area (Å²) in [5.74, 6) is -1.03. The van der Waals surface area contributed by atoms with Crippen LogP contribution in [0.5, 0.6) is 5.75 Å². The maximum absolute atomic E-state index is 12.7. The zero-order chi connectivity index (χ0) is 18.2. The van der Waals surface area contributed by atoms with Crippen LogP contribution < -0.4 is 4.74 Å². The first-order valence-electron chi connectivity index (χ1n) is 8.06. The van der Waals surface area contributed by atoms with Crippen LogP contribution in [0.2, 0.25) is 10.0 Å². The molecule has 1 amide bonds. The average molecular weight is 388 g/mol. The summed E-state index contributed by atoms with van der Waals surface area (Å²) in [5, 5.41) is 10.3. The minimum absolute atomic E-state index is 0.173.